The topological polar surface area (TPSA) is 9.23 Å². The van der Waals surface area contributed by atoms with Gasteiger partial charge in [-0.25, -0.2) is 0 Å². The second kappa shape index (κ2) is 6.95. The summed E-state index contributed by atoms with van der Waals surface area (Å²) in [7, 11) is 1.72. The highest BCUT2D eigenvalue weighted by atomic mass is 16.5. The molecular formula is C15H20O. The number of hydrogen-bond donors (Lipinski definition) is 0. The van der Waals surface area contributed by atoms with Crippen LogP contribution in [0.4, 0.5) is 0 Å². The molecule has 0 radical (unpaired) electrons. The first-order valence-corrected chi connectivity index (χ1v) is 5.87. The number of unbranched alkanes of at least 4 members (excludes halogenated alkanes) is 1. The number of benzene rings is 1. The molecule has 0 unspecified atom stereocenters. The van der Waals surface area contributed by atoms with Crippen LogP contribution in [0.15, 0.2) is 18.2 Å². The van der Waals surface area contributed by atoms with E-state index in [1.165, 1.54) is 11.1 Å². The molecule has 1 rings (SSSR count). The summed E-state index contributed by atoms with van der Waals surface area (Å²) >= 11 is 0. The molecule has 0 fully saturated rings. The molecule has 0 aliphatic carbocycles. The Kier molecular flexibility index (Phi) is 5.50. The van der Waals surface area contributed by atoms with E-state index < -0.39 is 0 Å². The lowest BCUT2D eigenvalue weighted by atomic mass is 10.1. The molecule has 1 aromatic rings. The summed E-state index contributed by atoms with van der Waals surface area (Å²) in [4.78, 5) is 0. The normalized spacial score (nSPS) is 9.44. The van der Waals surface area contributed by atoms with Crippen LogP contribution in [0.2, 0.25) is 0 Å². The predicted molar refractivity (Wildman–Crippen MR) is 68.7 cm³/mol. The van der Waals surface area contributed by atoms with Crippen molar-refractivity contribution in [3.63, 3.8) is 0 Å². The number of methoxy groups -OCH3 is 1. The zero-order chi connectivity index (χ0) is 11.8. The molecule has 0 atom stereocenters. The quantitative estimate of drug-likeness (QED) is 0.697. The van der Waals surface area contributed by atoms with E-state index in [-0.39, 0.29) is 0 Å². The van der Waals surface area contributed by atoms with Gasteiger partial charge in [-0.05, 0) is 31.4 Å². The van der Waals surface area contributed by atoms with Crippen LogP contribution in [-0.4, -0.2) is 7.11 Å². The molecule has 0 aliphatic rings. The van der Waals surface area contributed by atoms with Crippen molar-refractivity contribution in [2.24, 2.45) is 0 Å². The molecule has 0 N–H and O–H groups in total. The molecule has 1 nitrogen and oxygen atoms in total. The van der Waals surface area contributed by atoms with Gasteiger partial charge in [0, 0.05) is 12.8 Å². The lowest BCUT2D eigenvalue weighted by molar-refractivity contribution is 0.409. The van der Waals surface area contributed by atoms with E-state index in [0.717, 1.165) is 31.4 Å². The zero-order valence-corrected chi connectivity index (χ0v) is 10.5. The summed E-state index contributed by atoms with van der Waals surface area (Å²) in [5.74, 6) is 7.34. The van der Waals surface area contributed by atoms with Crippen LogP contribution in [0, 0.1) is 18.8 Å². The summed E-state index contributed by atoms with van der Waals surface area (Å²) in [6, 6.07) is 6.29. The van der Waals surface area contributed by atoms with Gasteiger partial charge in [-0.1, -0.05) is 24.6 Å². The number of aryl methyl sites for hydroxylation is 2. The zero-order valence-electron chi connectivity index (χ0n) is 10.5. The second-order valence-corrected chi connectivity index (χ2v) is 3.92. The minimum absolute atomic E-state index is 0.916. The molecule has 1 heteroatoms. The molecule has 0 aliphatic heterocycles. The Morgan fingerprint density at radius 2 is 1.94 bits per heavy atom. The third-order valence-corrected chi connectivity index (χ3v) is 2.46. The Morgan fingerprint density at radius 3 is 2.62 bits per heavy atom. The monoisotopic (exact) mass is 216 g/mol. The molecule has 86 valence electrons. The summed E-state index contributed by atoms with van der Waals surface area (Å²) in [6.07, 6.45) is 4.03. The third kappa shape index (κ3) is 3.98. The van der Waals surface area contributed by atoms with E-state index in [4.69, 9.17) is 4.74 Å². The van der Waals surface area contributed by atoms with E-state index in [2.05, 4.69) is 37.8 Å². The maximum atomic E-state index is 5.33. The molecule has 0 saturated carbocycles. The fourth-order valence-corrected chi connectivity index (χ4v) is 1.60. The minimum atomic E-state index is 0.916. The van der Waals surface area contributed by atoms with Crippen LogP contribution in [-0.2, 0) is 6.42 Å². The van der Waals surface area contributed by atoms with Crippen molar-refractivity contribution in [1.29, 1.82) is 0 Å². The van der Waals surface area contributed by atoms with Crippen molar-refractivity contribution < 1.29 is 4.74 Å². The highest BCUT2D eigenvalue weighted by Gasteiger charge is 2.01. The largest absolute Gasteiger partial charge is 0.496 e. The molecular weight excluding hydrogens is 196 g/mol. The molecule has 0 aromatic heterocycles. The van der Waals surface area contributed by atoms with Crippen LogP contribution in [0.25, 0.3) is 0 Å². The molecule has 0 saturated heterocycles. The van der Waals surface area contributed by atoms with Crippen LogP contribution < -0.4 is 4.74 Å². The van der Waals surface area contributed by atoms with Crippen LogP contribution in [0.1, 0.15) is 37.3 Å². The Balaban J connectivity index is 2.59. The van der Waals surface area contributed by atoms with Gasteiger partial charge in [-0.3, -0.25) is 0 Å². The van der Waals surface area contributed by atoms with E-state index >= 15 is 0 Å². The van der Waals surface area contributed by atoms with Crippen molar-refractivity contribution in [3.05, 3.63) is 29.3 Å². The summed E-state index contributed by atoms with van der Waals surface area (Å²) in [5.41, 5.74) is 2.53. The van der Waals surface area contributed by atoms with Crippen molar-refractivity contribution in [3.8, 4) is 17.6 Å². The van der Waals surface area contributed by atoms with Crippen LogP contribution in [0.3, 0.4) is 0 Å². The summed E-state index contributed by atoms with van der Waals surface area (Å²) in [5, 5.41) is 0. The van der Waals surface area contributed by atoms with E-state index in [9.17, 15) is 0 Å². The van der Waals surface area contributed by atoms with Gasteiger partial charge in [-0.2, -0.15) is 0 Å². The van der Waals surface area contributed by atoms with Gasteiger partial charge in [0.25, 0.3) is 0 Å². The van der Waals surface area contributed by atoms with Gasteiger partial charge in [0.15, 0.2) is 0 Å². The first-order chi connectivity index (χ1) is 7.77. The molecule has 1 aromatic carbocycles. The number of rotatable bonds is 4. The minimum Gasteiger partial charge on any atom is -0.496 e. The fourth-order valence-electron chi connectivity index (χ4n) is 1.60. The Morgan fingerprint density at radius 1 is 1.19 bits per heavy atom. The fraction of sp³-hybridized carbons (Fsp3) is 0.467. The lowest BCUT2D eigenvalue weighted by Crippen LogP contribution is -1.92. The molecule has 16 heavy (non-hydrogen) atoms. The molecule has 0 bridgehead atoms. The molecule has 0 amide bonds. The summed E-state index contributed by atoms with van der Waals surface area (Å²) in [6.45, 7) is 4.25. The van der Waals surface area contributed by atoms with E-state index in [1.54, 1.807) is 7.11 Å². The third-order valence-electron chi connectivity index (χ3n) is 2.46. The van der Waals surface area contributed by atoms with Crippen molar-refractivity contribution in [1.82, 2.24) is 0 Å². The second-order valence-electron chi connectivity index (χ2n) is 3.92. The SMILES string of the molecule is CCCC#CCCc1cc(C)ccc1OC. The first-order valence-electron chi connectivity index (χ1n) is 5.87. The first kappa shape index (κ1) is 12.6. The van der Waals surface area contributed by atoms with Gasteiger partial charge in [0.05, 0.1) is 7.11 Å². The van der Waals surface area contributed by atoms with Gasteiger partial charge in [0.1, 0.15) is 5.75 Å². The van der Waals surface area contributed by atoms with E-state index in [1.807, 2.05) is 6.07 Å². The maximum Gasteiger partial charge on any atom is 0.122 e. The Bertz CT molecular complexity index is 382. The van der Waals surface area contributed by atoms with Crippen LogP contribution >= 0.6 is 0 Å². The van der Waals surface area contributed by atoms with Gasteiger partial charge < -0.3 is 4.74 Å². The number of ether oxygens (including phenoxy) is 1. The molecule has 0 heterocycles. The van der Waals surface area contributed by atoms with Crippen molar-refractivity contribution >= 4 is 0 Å². The highest BCUT2D eigenvalue weighted by Crippen LogP contribution is 2.20. The molecule has 0 spiro atoms. The van der Waals surface area contributed by atoms with Gasteiger partial charge in [-0.15, -0.1) is 11.8 Å². The standard InChI is InChI=1S/C15H20O/c1-4-5-6-7-8-9-14-12-13(2)10-11-15(14)16-3/h10-12H,4-5,8-9H2,1-3H3. The van der Waals surface area contributed by atoms with Gasteiger partial charge in [0.2, 0.25) is 0 Å². The van der Waals surface area contributed by atoms with Gasteiger partial charge >= 0.3 is 0 Å². The average Bonchev–Trinajstić information content (AvgIpc) is 2.29. The van der Waals surface area contributed by atoms with Crippen molar-refractivity contribution in [2.75, 3.05) is 7.11 Å². The van der Waals surface area contributed by atoms with E-state index in [0.29, 0.717) is 0 Å². The Labute approximate surface area is 98.8 Å². The average molecular weight is 216 g/mol. The predicted octanol–water partition coefficient (Wildman–Crippen LogP) is 3.74. The summed E-state index contributed by atoms with van der Waals surface area (Å²) < 4.78 is 5.33. The lowest BCUT2D eigenvalue weighted by Gasteiger charge is -2.07. The van der Waals surface area contributed by atoms with Crippen molar-refractivity contribution in [2.45, 2.75) is 39.5 Å². The number of hydrogen-bond acceptors (Lipinski definition) is 1. The Hall–Kier alpha value is -1.42. The smallest absolute Gasteiger partial charge is 0.122 e. The highest BCUT2D eigenvalue weighted by molar-refractivity contribution is 5.37. The maximum absolute atomic E-state index is 5.33. The van der Waals surface area contributed by atoms with Crippen LogP contribution in [0.5, 0.6) is 5.75 Å².